The minimum Gasteiger partial charge on any atom is -0.449 e. The molecule has 0 radical (unpaired) electrons. The monoisotopic (exact) mass is 398 g/mol. The SMILES string of the molecule is CC(C)COC(=O)N1CCN(C(=O)Cn2nc(-c3ccccc3)ccc2=O)CC1. The summed E-state index contributed by atoms with van der Waals surface area (Å²) >= 11 is 0. The molecule has 2 aromatic rings. The predicted molar refractivity (Wildman–Crippen MR) is 108 cm³/mol. The molecule has 0 N–H and O–H groups in total. The molecule has 29 heavy (non-hydrogen) atoms. The lowest BCUT2D eigenvalue weighted by Gasteiger charge is -2.34. The normalized spacial score (nSPS) is 14.2. The molecule has 2 amide bonds. The van der Waals surface area contributed by atoms with Gasteiger partial charge >= 0.3 is 6.09 Å². The zero-order chi connectivity index (χ0) is 20.8. The van der Waals surface area contributed by atoms with E-state index in [0.717, 1.165) is 5.56 Å². The predicted octanol–water partition coefficient (Wildman–Crippen LogP) is 1.85. The summed E-state index contributed by atoms with van der Waals surface area (Å²) in [6.07, 6.45) is -0.348. The van der Waals surface area contributed by atoms with Crippen LogP contribution < -0.4 is 5.56 Å². The standard InChI is InChI=1S/C21H26N4O4/c1-16(2)15-29-21(28)24-12-10-23(11-13-24)20(27)14-25-19(26)9-8-18(22-25)17-6-4-3-5-7-17/h3-9,16H,10-15H2,1-2H3. The van der Waals surface area contributed by atoms with Crippen LogP contribution in [-0.2, 0) is 16.1 Å². The minimum absolute atomic E-state index is 0.128. The van der Waals surface area contributed by atoms with Crippen LogP contribution in [0, 0.1) is 5.92 Å². The third-order valence-electron chi connectivity index (χ3n) is 4.65. The van der Waals surface area contributed by atoms with Crippen molar-refractivity contribution in [2.75, 3.05) is 32.8 Å². The molecule has 1 saturated heterocycles. The molecule has 154 valence electrons. The van der Waals surface area contributed by atoms with Crippen LogP contribution in [0.25, 0.3) is 11.3 Å². The second-order valence-corrected chi connectivity index (χ2v) is 7.42. The van der Waals surface area contributed by atoms with Crippen LogP contribution in [0.1, 0.15) is 13.8 Å². The second kappa shape index (κ2) is 9.36. The van der Waals surface area contributed by atoms with Crippen LogP contribution in [0.3, 0.4) is 0 Å². The van der Waals surface area contributed by atoms with Gasteiger partial charge in [0, 0.05) is 37.8 Å². The molecule has 0 aliphatic carbocycles. The van der Waals surface area contributed by atoms with Gasteiger partial charge < -0.3 is 14.5 Å². The van der Waals surface area contributed by atoms with Crippen molar-refractivity contribution < 1.29 is 14.3 Å². The smallest absolute Gasteiger partial charge is 0.409 e. The number of piperazine rings is 1. The van der Waals surface area contributed by atoms with E-state index in [1.165, 1.54) is 10.7 Å². The van der Waals surface area contributed by atoms with E-state index in [4.69, 9.17) is 4.74 Å². The lowest BCUT2D eigenvalue weighted by molar-refractivity contribution is -0.133. The quantitative estimate of drug-likeness (QED) is 0.767. The molecule has 0 bridgehead atoms. The van der Waals surface area contributed by atoms with Gasteiger partial charge in [-0.3, -0.25) is 9.59 Å². The van der Waals surface area contributed by atoms with E-state index < -0.39 is 0 Å². The lowest BCUT2D eigenvalue weighted by atomic mass is 10.1. The minimum atomic E-state index is -0.348. The Balaban J connectivity index is 1.59. The van der Waals surface area contributed by atoms with Gasteiger partial charge in [0.05, 0.1) is 12.3 Å². The highest BCUT2D eigenvalue weighted by Gasteiger charge is 2.25. The number of carbonyl (C=O) groups is 2. The molecule has 0 unspecified atom stereocenters. The Bertz CT molecular complexity index is 902. The Morgan fingerprint density at radius 3 is 2.31 bits per heavy atom. The average Bonchev–Trinajstić information content (AvgIpc) is 2.74. The molecule has 0 atom stereocenters. The van der Waals surface area contributed by atoms with E-state index in [1.807, 2.05) is 44.2 Å². The van der Waals surface area contributed by atoms with Gasteiger partial charge in [-0.15, -0.1) is 0 Å². The Hall–Kier alpha value is -3.16. The fraction of sp³-hybridized carbons (Fsp3) is 0.429. The molecule has 1 fully saturated rings. The van der Waals surface area contributed by atoms with E-state index >= 15 is 0 Å². The number of benzene rings is 1. The molecule has 1 aliphatic rings. The number of rotatable bonds is 5. The third kappa shape index (κ3) is 5.43. The van der Waals surface area contributed by atoms with E-state index in [-0.39, 0.29) is 30.0 Å². The van der Waals surface area contributed by atoms with Crippen molar-refractivity contribution in [3.63, 3.8) is 0 Å². The lowest BCUT2D eigenvalue weighted by Crippen LogP contribution is -2.52. The van der Waals surface area contributed by atoms with E-state index in [1.54, 1.807) is 15.9 Å². The van der Waals surface area contributed by atoms with Gasteiger partial charge in [-0.1, -0.05) is 44.2 Å². The highest BCUT2D eigenvalue weighted by Crippen LogP contribution is 2.14. The zero-order valence-corrected chi connectivity index (χ0v) is 16.8. The molecule has 0 saturated carbocycles. The van der Waals surface area contributed by atoms with Crippen molar-refractivity contribution in [3.8, 4) is 11.3 Å². The fourth-order valence-electron chi connectivity index (χ4n) is 3.02. The largest absolute Gasteiger partial charge is 0.449 e. The van der Waals surface area contributed by atoms with Crippen molar-refractivity contribution in [3.05, 3.63) is 52.8 Å². The molecule has 2 heterocycles. The van der Waals surface area contributed by atoms with E-state index in [2.05, 4.69) is 5.10 Å². The van der Waals surface area contributed by atoms with Crippen LogP contribution in [0.2, 0.25) is 0 Å². The number of carbonyl (C=O) groups excluding carboxylic acids is 2. The molecular weight excluding hydrogens is 372 g/mol. The first-order valence-electron chi connectivity index (χ1n) is 9.77. The Morgan fingerprint density at radius 2 is 1.66 bits per heavy atom. The van der Waals surface area contributed by atoms with Crippen LogP contribution in [0.4, 0.5) is 4.79 Å². The topological polar surface area (TPSA) is 84.7 Å². The summed E-state index contributed by atoms with van der Waals surface area (Å²) in [5.74, 6) is 0.0827. The van der Waals surface area contributed by atoms with Gasteiger partial charge in [0.25, 0.3) is 5.56 Å². The zero-order valence-electron chi connectivity index (χ0n) is 16.8. The van der Waals surface area contributed by atoms with Gasteiger partial charge in [0.1, 0.15) is 6.54 Å². The summed E-state index contributed by atoms with van der Waals surface area (Å²) in [6, 6.07) is 12.6. The van der Waals surface area contributed by atoms with Gasteiger partial charge in [-0.05, 0) is 12.0 Å². The van der Waals surface area contributed by atoms with Gasteiger partial charge in [-0.25, -0.2) is 9.48 Å². The molecular formula is C21H26N4O4. The van der Waals surface area contributed by atoms with Crippen molar-refractivity contribution in [1.29, 1.82) is 0 Å². The summed E-state index contributed by atoms with van der Waals surface area (Å²) in [6.45, 7) is 5.84. The number of ether oxygens (including phenoxy) is 1. The van der Waals surface area contributed by atoms with Crippen LogP contribution in [0.15, 0.2) is 47.3 Å². The Kier molecular flexibility index (Phi) is 6.64. The van der Waals surface area contributed by atoms with Gasteiger partial charge in [0.2, 0.25) is 5.91 Å². The summed E-state index contributed by atoms with van der Waals surface area (Å²) in [7, 11) is 0. The van der Waals surface area contributed by atoms with Crippen molar-refractivity contribution in [2.45, 2.75) is 20.4 Å². The molecule has 8 heteroatoms. The van der Waals surface area contributed by atoms with Gasteiger partial charge in [0.15, 0.2) is 0 Å². The fourth-order valence-corrected chi connectivity index (χ4v) is 3.02. The number of hydrogen-bond donors (Lipinski definition) is 0. The van der Waals surface area contributed by atoms with Crippen molar-refractivity contribution in [2.24, 2.45) is 5.92 Å². The molecule has 8 nitrogen and oxygen atoms in total. The molecule has 1 aromatic carbocycles. The summed E-state index contributed by atoms with van der Waals surface area (Å²) in [5, 5.41) is 4.33. The first kappa shape index (κ1) is 20.6. The van der Waals surface area contributed by atoms with E-state index in [9.17, 15) is 14.4 Å². The van der Waals surface area contributed by atoms with Crippen LogP contribution >= 0.6 is 0 Å². The second-order valence-electron chi connectivity index (χ2n) is 7.42. The first-order chi connectivity index (χ1) is 13.9. The molecule has 0 spiro atoms. The maximum absolute atomic E-state index is 12.7. The summed E-state index contributed by atoms with van der Waals surface area (Å²) < 4.78 is 6.42. The highest BCUT2D eigenvalue weighted by molar-refractivity contribution is 5.76. The highest BCUT2D eigenvalue weighted by atomic mass is 16.6. The number of aromatic nitrogens is 2. The van der Waals surface area contributed by atoms with Crippen molar-refractivity contribution in [1.82, 2.24) is 19.6 Å². The maximum atomic E-state index is 12.7. The summed E-state index contributed by atoms with van der Waals surface area (Å²) in [5.41, 5.74) is 1.19. The molecule has 1 aromatic heterocycles. The molecule has 1 aliphatic heterocycles. The summed E-state index contributed by atoms with van der Waals surface area (Å²) in [4.78, 5) is 40.1. The number of nitrogens with zero attached hydrogens (tertiary/aromatic N) is 4. The number of hydrogen-bond acceptors (Lipinski definition) is 5. The Morgan fingerprint density at radius 1 is 1.00 bits per heavy atom. The molecule has 3 rings (SSSR count). The Labute approximate surface area is 169 Å². The average molecular weight is 398 g/mol. The maximum Gasteiger partial charge on any atom is 0.409 e. The van der Waals surface area contributed by atoms with E-state index in [0.29, 0.717) is 38.5 Å². The van der Waals surface area contributed by atoms with Crippen LogP contribution in [0.5, 0.6) is 0 Å². The van der Waals surface area contributed by atoms with Crippen molar-refractivity contribution >= 4 is 12.0 Å². The first-order valence-corrected chi connectivity index (χ1v) is 9.77. The third-order valence-corrected chi connectivity index (χ3v) is 4.65. The number of amides is 2. The van der Waals surface area contributed by atoms with Gasteiger partial charge in [-0.2, -0.15) is 5.10 Å². The van der Waals surface area contributed by atoms with Crippen LogP contribution in [-0.4, -0.2) is 64.4 Å².